The van der Waals surface area contributed by atoms with Crippen LogP contribution in [-0.4, -0.2) is 50.5 Å². The van der Waals surface area contributed by atoms with Crippen LogP contribution in [0.15, 0.2) is 41.2 Å². The SMILES string of the molecule is COc1cc2[se]n(CCC3CCN(Cc4cccc(Cl)c4)CC3)c(=O)c2cc1OC. The molecule has 0 aliphatic carbocycles. The summed E-state index contributed by atoms with van der Waals surface area (Å²) in [4.78, 5) is 15.3. The number of piperidine rings is 1. The van der Waals surface area contributed by atoms with Gasteiger partial charge in [-0.05, 0) is 0 Å². The van der Waals surface area contributed by atoms with Crippen molar-refractivity contribution >= 4 is 36.0 Å². The van der Waals surface area contributed by atoms with Gasteiger partial charge in [0.1, 0.15) is 0 Å². The molecule has 0 spiro atoms. The van der Waals surface area contributed by atoms with Gasteiger partial charge in [-0.3, -0.25) is 0 Å². The van der Waals surface area contributed by atoms with Gasteiger partial charge in [0.25, 0.3) is 0 Å². The molecule has 0 saturated carbocycles. The van der Waals surface area contributed by atoms with E-state index >= 15 is 0 Å². The molecule has 1 aliphatic rings. The summed E-state index contributed by atoms with van der Waals surface area (Å²) < 4.78 is 13.9. The fourth-order valence-corrected chi connectivity index (χ4v) is 6.52. The van der Waals surface area contributed by atoms with Crippen LogP contribution in [0.3, 0.4) is 0 Å². The fourth-order valence-electron chi connectivity index (χ4n) is 4.17. The van der Waals surface area contributed by atoms with Crippen LogP contribution in [0.2, 0.25) is 5.02 Å². The van der Waals surface area contributed by atoms with Gasteiger partial charge in [0.2, 0.25) is 0 Å². The Kier molecular flexibility index (Phi) is 6.89. The molecule has 7 heteroatoms. The second-order valence-electron chi connectivity index (χ2n) is 7.84. The van der Waals surface area contributed by atoms with Crippen LogP contribution in [0.25, 0.3) is 9.65 Å². The summed E-state index contributed by atoms with van der Waals surface area (Å²) in [5, 5.41) is 1.57. The van der Waals surface area contributed by atoms with E-state index in [2.05, 4.69) is 17.0 Å². The third-order valence-corrected chi connectivity index (χ3v) is 8.44. The number of aryl methyl sites for hydroxylation is 1. The summed E-state index contributed by atoms with van der Waals surface area (Å²) in [7, 11) is 3.23. The van der Waals surface area contributed by atoms with Crippen LogP contribution < -0.4 is 15.0 Å². The van der Waals surface area contributed by atoms with Gasteiger partial charge in [-0.15, -0.1) is 0 Å². The number of halogens is 1. The van der Waals surface area contributed by atoms with E-state index in [1.807, 2.05) is 27.8 Å². The Morgan fingerprint density at radius 1 is 1.10 bits per heavy atom. The molecule has 3 aromatic rings. The van der Waals surface area contributed by atoms with Crippen LogP contribution in [0.5, 0.6) is 11.5 Å². The second-order valence-corrected chi connectivity index (χ2v) is 10.5. The monoisotopic (exact) mass is 494 g/mol. The second kappa shape index (κ2) is 9.61. The summed E-state index contributed by atoms with van der Waals surface area (Å²) in [5.74, 6) is 1.99. The molecule has 0 radical (unpaired) electrons. The number of nitrogens with zero attached hydrogens (tertiary/aromatic N) is 2. The molecule has 160 valence electrons. The summed E-state index contributed by atoms with van der Waals surface area (Å²) in [6.07, 6.45) is 3.44. The summed E-state index contributed by atoms with van der Waals surface area (Å²) >= 11 is 6.12. The Labute approximate surface area is 188 Å². The van der Waals surface area contributed by atoms with Crippen LogP contribution in [-0.2, 0) is 13.1 Å². The molecule has 2 heterocycles. The minimum absolute atomic E-state index is 0.0131. The number of benzene rings is 2. The van der Waals surface area contributed by atoms with Crippen LogP contribution in [0.1, 0.15) is 24.8 Å². The average molecular weight is 494 g/mol. The molecule has 0 N–H and O–H groups in total. The maximum absolute atomic E-state index is 12.8. The van der Waals surface area contributed by atoms with Gasteiger partial charge < -0.3 is 0 Å². The normalized spacial score (nSPS) is 15.6. The number of rotatable bonds is 7. The van der Waals surface area contributed by atoms with E-state index in [0.29, 0.717) is 17.4 Å². The van der Waals surface area contributed by atoms with Gasteiger partial charge in [0.15, 0.2) is 0 Å². The molecule has 0 bridgehead atoms. The van der Waals surface area contributed by atoms with Gasteiger partial charge in [-0.25, -0.2) is 0 Å². The number of likely N-dealkylation sites (tertiary alicyclic amines) is 1. The zero-order valence-corrected chi connectivity index (χ0v) is 19.9. The van der Waals surface area contributed by atoms with Gasteiger partial charge >= 0.3 is 188 Å². The van der Waals surface area contributed by atoms with Crippen LogP contribution in [0, 0.1) is 5.92 Å². The molecule has 1 aliphatic heterocycles. The number of fused-ring (bicyclic) bond motifs is 1. The Bertz CT molecular complexity index is 1070. The Morgan fingerprint density at radius 2 is 1.83 bits per heavy atom. The number of aromatic nitrogens is 1. The van der Waals surface area contributed by atoms with Crippen molar-refractivity contribution in [3.63, 3.8) is 0 Å². The standard InChI is InChI=1S/C23H27ClN2O3Se/c1-28-20-13-19-22(14-21(20)29-2)30-26(23(19)27)11-8-16-6-9-25(10-7-16)15-17-4-3-5-18(24)12-17/h3-5,12-14,16H,6-11,15H2,1-2H3. The zero-order valence-electron chi connectivity index (χ0n) is 17.4. The summed E-state index contributed by atoms with van der Waals surface area (Å²) in [6.45, 7) is 3.99. The Hall–Kier alpha value is -1.72. The molecule has 1 aromatic heterocycles. The van der Waals surface area contributed by atoms with Crippen molar-refractivity contribution in [1.29, 1.82) is 0 Å². The van der Waals surface area contributed by atoms with E-state index in [9.17, 15) is 4.79 Å². The molecular formula is C23H27ClN2O3Se. The van der Waals surface area contributed by atoms with Crippen molar-refractivity contribution in [3.05, 3.63) is 57.3 Å². The maximum atomic E-state index is 12.8. The summed E-state index contributed by atoms with van der Waals surface area (Å²) in [6, 6.07) is 11.9. The molecule has 1 fully saturated rings. The van der Waals surface area contributed by atoms with Gasteiger partial charge in [-0.1, -0.05) is 0 Å². The molecule has 30 heavy (non-hydrogen) atoms. The molecule has 0 unspecified atom stereocenters. The Morgan fingerprint density at radius 3 is 2.53 bits per heavy atom. The van der Waals surface area contributed by atoms with Crippen molar-refractivity contribution in [2.75, 3.05) is 27.3 Å². The number of hydrogen-bond donors (Lipinski definition) is 0. The van der Waals surface area contributed by atoms with Gasteiger partial charge in [0, 0.05) is 0 Å². The first-order chi connectivity index (χ1) is 14.6. The first kappa shape index (κ1) is 21.5. The molecule has 5 nitrogen and oxygen atoms in total. The van der Waals surface area contributed by atoms with Crippen LogP contribution >= 0.6 is 11.6 Å². The third-order valence-electron chi connectivity index (χ3n) is 5.89. The quantitative estimate of drug-likeness (QED) is 0.466. The topological polar surface area (TPSA) is 43.7 Å². The predicted molar refractivity (Wildman–Crippen MR) is 122 cm³/mol. The molecule has 2 aromatic carbocycles. The molecular weight excluding hydrogens is 467 g/mol. The van der Waals surface area contributed by atoms with E-state index < -0.39 is 0 Å². The van der Waals surface area contributed by atoms with Gasteiger partial charge in [-0.2, -0.15) is 0 Å². The minimum atomic E-state index is 0.0131. The summed E-state index contributed by atoms with van der Waals surface area (Å²) in [5.41, 5.74) is 1.40. The predicted octanol–water partition coefficient (Wildman–Crippen LogP) is 4.03. The van der Waals surface area contributed by atoms with E-state index in [1.54, 1.807) is 14.2 Å². The van der Waals surface area contributed by atoms with Crippen molar-refractivity contribution in [2.24, 2.45) is 5.92 Å². The third kappa shape index (κ3) is 4.78. The zero-order chi connectivity index (χ0) is 21.1. The number of ether oxygens (including phenoxy) is 2. The number of methoxy groups -OCH3 is 2. The van der Waals surface area contributed by atoms with Crippen molar-refractivity contribution in [2.45, 2.75) is 32.4 Å². The van der Waals surface area contributed by atoms with Crippen molar-refractivity contribution < 1.29 is 9.47 Å². The van der Waals surface area contributed by atoms with Gasteiger partial charge in [0.05, 0.1) is 0 Å². The van der Waals surface area contributed by atoms with Crippen molar-refractivity contribution in [3.8, 4) is 11.5 Å². The molecule has 0 atom stereocenters. The first-order valence-electron chi connectivity index (χ1n) is 10.3. The average Bonchev–Trinajstić information content (AvgIpc) is 3.07. The van der Waals surface area contributed by atoms with E-state index in [1.165, 1.54) is 18.4 Å². The molecule has 1 saturated heterocycles. The first-order valence-corrected chi connectivity index (χ1v) is 12.3. The Balaban J connectivity index is 1.35. The number of hydrogen-bond acceptors (Lipinski definition) is 4. The van der Waals surface area contributed by atoms with E-state index in [0.717, 1.165) is 47.3 Å². The van der Waals surface area contributed by atoms with Crippen LogP contribution in [0.4, 0.5) is 0 Å². The molecule has 0 amide bonds. The van der Waals surface area contributed by atoms with E-state index in [4.69, 9.17) is 21.1 Å². The molecule has 4 rings (SSSR count). The fraction of sp³-hybridized carbons (Fsp3) is 0.435. The van der Waals surface area contributed by atoms with E-state index in [-0.39, 0.29) is 20.3 Å². The van der Waals surface area contributed by atoms with Crippen molar-refractivity contribution in [1.82, 2.24) is 8.46 Å².